The maximum absolute atomic E-state index is 12.4. The fraction of sp³-hybridized carbons (Fsp3) is 0.278. The second-order valence-electron chi connectivity index (χ2n) is 5.44. The van der Waals surface area contributed by atoms with Crippen molar-refractivity contribution in [1.29, 1.82) is 0 Å². The van der Waals surface area contributed by atoms with Gasteiger partial charge in [0.05, 0.1) is 23.7 Å². The zero-order valence-corrected chi connectivity index (χ0v) is 15.2. The molecule has 0 heterocycles. The van der Waals surface area contributed by atoms with E-state index < -0.39 is 4.92 Å². The molecule has 0 saturated carbocycles. The van der Waals surface area contributed by atoms with E-state index in [4.69, 9.17) is 21.1 Å². The summed E-state index contributed by atoms with van der Waals surface area (Å²) in [6, 6.07) is 9.03. The third-order valence-electron chi connectivity index (χ3n) is 3.54. The number of amides is 1. The Morgan fingerprint density at radius 2 is 1.96 bits per heavy atom. The smallest absolute Gasteiger partial charge is 0.269 e. The van der Waals surface area contributed by atoms with Gasteiger partial charge in [-0.15, -0.1) is 0 Å². The van der Waals surface area contributed by atoms with Crippen molar-refractivity contribution >= 4 is 23.2 Å². The maximum Gasteiger partial charge on any atom is 0.269 e. The molecule has 138 valence electrons. The summed E-state index contributed by atoms with van der Waals surface area (Å²) < 4.78 is 10.8. The Balaban J connectivity index is 2.09. The topological polar surface area (TPSA) is 90.7 Å². The highest BCUT2D eigenvalue weighted by molar-refractivity contribution is 6.32. The summed E-state index contributed by atoms with van der Waals surface area (Å²) in [5.41, 5.74) is 1.07. The number of hydrogen-bond acceptors (Lipinski definition) is 5. The number of nitro benzene ring substituents is 1. The van der Waals surface area contributed by atoms with Gasteiger partial charge in [-0.25, -0.2) is 0 Å². The zero-order chi connectivity index (χ0) is 19.1. The summed E-state index contributed by atoms with van der Waals surface area (Å²) in [4.78, 5) is 22.5. The molecule has 1 N–H and O–H groups in total. The molecule has 2 aromatic rings. The third-order valence-corrected chi connectivity index (χ3v) is 3.82. The number of ether oxygens (including phenoxy) is 2. The summed E-state index contributed by atoms with van der Waals surface area (Å²) in [5, 5.41) is 13.7. The van der Waals surface area contributed by atoms with Gasteiger partial charge in [-0.2, -0.15) is 0 Å². The molecular formula is C18H19ClN2O5. The molecule has 0 radical (unpaired) electrons. The standard InChI is InChI=1S/C18H19ClN2O5/c1-3-8-26-17-15(19)9-13(10-16(17)25-2)18(22)20-11-12-4-6-14(7-5-12)21(23)24/h4-7,9-10H,3,8,11H2,1-2H3,(H,20,22). The highest BCUT2D eigenvalue weighted by Gasteiger charge is 2.16. The minimum absolute atomic E-state index is 0.000683. The third kappa shape index (κ3) is 4.86. The lowest BCUT2D eigenvalue weighted by molar-refractivity contribution is -0.384. The first-order chi connectivity index (χ1) is 12.5. The molecule has 0 saturated heterocycles. The van der Waals surface area contributed by atoms with E-state index in [-0.39, 0.29) is 18.1 Å². The SMILES string of the molecule is CCCOc1c(Cl)cc(C(=O)NCc2ccc([N+](=O)[O-])cc2)cc1OC. The number of hydrogen-bond donors (Lipinski definition) is 1. The van der Waals surface area contributed by atoms with Crippen molar-refractivity contribution in [2.45, 2.75) is 19.9 Å². The van der Waals surface area contributed by atoms with Crippen molar-refractivity contribution in [3.8, 4) is 11.5 Å². The van der Waals surface area contributed by atoms with Gasteiger partial charge in [0.15, 0.2) is 11.5 Å². The molecule has 0 aliphatic carbocycles. The highest BCUT2D eigenvalue weighted by atomic mass is 35.5. The molecule has 7 nitrogen and oxygen atoms in total. The Kier molecular flexibility index (Phi) is 6.80. The van der Waals surface area contributed by atoms with Crippen LogP contribution in [0.15, 0.2) is 36.4 Å². The normalized spacial score (nSPS) is 10.3. The number of rotatable bonds is 8. The molecule has 2 rings (SSSR count). The Bertz CT molecular complexity index is 793. The average molecular weight is 379 g/mol. The predicted molar refractivity (Wildman–Crippen MR) is 98.1 cm³/mol. The van der Waals surface area contributed by atoms with Crippen LogP contribution < -0.4 is 14.8 Å². The summed E-state index contributed by atoms with van der Waals surface area (Å²) >= 11 is 6.21. The number of halogens is 1. The molecule has 1 amide bonds. The first kappa shape index (κ1) is 19.5. The van der Waals surface area contributed by atoms with E-state index in [2.05, 4.69) is 5.32 Å². The second-order valence-corrected chi connectivity index (χ2v) is 5.85. The van der Waals surface area contributed by atoms with E-state index >= 15 is 0 Å². The van der Waals surface area contributed by atoms with Gasteiger partial charge in [-0.3, -0.25) is 14.9 Å². The lowest BCUT2D eigenvalue weighted by Crippen LogP contribution is -2.22. The van der Waals surface area contributed by atoms with E-state index in [1.54, 1.807) is 18.2 Å². The number of nitrogens with zero attached hydrogens (tertiary/aromatic N) is 1. The van der Waals surface area contributed by atoms with Crippen LogP contribution >= 0.6 is 11.6 Å². The van der Waals surface area contributed by atoms with Gasteiger partial charge in [0.25, 0.3) is 11.6 Å². The van der Waals surface area contributed by atoms with Crippen LogP contribution in [0, 0.1) is 10.1 Å². The molecule has 0 atom stereocenters. The average Bonchev–Trinajstić information content (AvgIpc) is 2.64. The Morgan fingerprint density at radius 3 is 2.54 bits per heavy atom. The zero-order valence-electron chi connectivity index (χ0n) is 14.5. The van der Waals surface area contributed by atoms with Crippen LogP contribution in [0.25, 0.3) is 0 Å². The molecule has 26 heavy (non-hydrogen) atoms. The summed E-state index contributed by atoms with van der Waals surface area (Å²) in [7, 11) is 1.48. The number of carbonyl (C=O) groups excluding carboxylic acids is 1. The summed E-state index contributed by atoms with van der Waals surface area (Å²) in [6.07, 6.45) is 0.816. The van der Waals surface area contributed by atoms with E-state index in [0.29, 0.717) is 28.7 Å². The fourth-order valence-electron chi connectivity index (χ4n) is 2.22. The molecule has 0 unspecified atom stereocenters. The van der Waals surface area contributed by atoms with Gasteiger partial charge in [0.1, 0.15) is 0 Å². The lowest BCUT2D eigenvalue weighted by atomic mass is 10.1. The number of carbonyl (C=O) groups is 1. The number of methoxy groups -OCH3 is 1. The van der Waals surface area contributed by atoms with Crippen molar-refractivity contribution < 1.29 is 19.2 Å². The molecular weight excluding hydrogens is 360 g/mol. The Morgan fingerprint density at radius 1 is 1.27 bits per heavy atom. The van der Waals surface area contributed by atoms with Gasteiger partial charge in [0.2, 0.25) is 0 Å². The maximum atomic E-state index is 12.4. The summed E-state index contributed by atoms with van der Waals surface area (Å²) in [6.45, 7) is 2.69. The highest BCUT2D eigenvalue weighted by Crippen LogP contribution is 2.36. The quantitative estimate of drug-likeness (QED) is 0.554. The van der Waals surface area contributed by atoms with Crippen LogP contribution in [0.2, 0.25) is 5.02 Å². The molecule has 2 aromatic carbocycles. The van der Waals surface area contributed by atoms with Crippen molar-refractivity contribution in [2.24, 2.45) is 0 Å². The number of nitrogens with one attached hydrogen (secondary N) is 1. The van der Waals surface area contributed by atoms with Crippen LogP contribution in [-0.4, -0.2) is 24.5 Å². The van der Waals surface area contributed by atoms with Gasteiger partial charge < -0.3 is 14.8 Å². The first-order valence-electron chi connectivity index (χ1n) is 7.98. The van der Waals surface area contributed by atoms with E-state index in [0.717, 1.165) is 12.0 Å². The molecule has 0 fully saturated rings. The van der Waals surface area contributed by atoms with Crippen molar-refractivity contribution in [1.82, 2.24) is 5.32 Å². The van der Waals surface area contributed by atoms with Gasteiger partial charge in [-0.05, 0) is 24.1 Å². The van der Waals surface area contributed by atoms with Gasteiger partial charge >= 0.3 is 0 Å². The lowest BCUT2D eigenvalue weighted by Gasteiger charge is -2.14. The van der Waals surface area contributed by atoms with Crippen LogP contribution in [0.3, 0.4) is 0 Å². The van der Waals surface area contributed by atoms with E-state index in [1.807, 2.05) is 6.92 Å². The van der Waals surface area contributed by atoms with Crippen molar-refractivity contribution in [3.05, 3.63) is 62.7 Å². The van der Waals surface area contributed by atoms with E-state index in [9.17, 15) is 14.9 Å². The Hall–Kier alpha value is -2.80. The molecule has 0 aromatic heterocycles. The second kappa shape index (κ2) is 9.05. The predicted octanol–water partition coefficient (Wildman–Crippen LogP) is 3.98. The molecule has 0 bridgehead atoms. The summed E-state index contributed by atoms with van der Waals surface area (Å²) in [5.74, 6) is 0.444. The first-order valence-corrected chi connectivity index (χ1v) is 8.36. The monoisotopic (exact) mass is 378 g/mol. The van der Waals surface area contributed by atoms with Crippen molar-refractivity contribution in [3.63, 3.8) is 0 Å². The number of nitro groups is 1. The molecule has 0 spiro atoms. The molecule has 0 aliphatic rings. The van der Waals surface area contributed by atoms with Crippen LogP contribution in [0.1, 0.15) is 29.3 Å². The van der Waals surface area contributed by atoms with Crippen LogP contribution in [-0.2, 0) is 6.54 Å². The number of benzene rings is 2. The Labute approximate surface area is 156 Å². The van der Waals surface area contributed by atoms with Crippen LogP contribution in [0.5, 0.6) is 11.5 Å². The van der Waals surface area contributed by atoms with Crippen LogP contribution in [0.4, 0.5) is 5.69 Å². The van der Waals surface area contributed by atoms with E-state index in [1.165, 1.54) is 25.3 Å². The number of non-ortho nitro benzene ring substituents is 1. The molecule has 0 aliphatic heterocycles. The van der Waals surface area contributed by atoms with Gasteiger partial charge in [0, 0.05) is 24.2 Å². The molecule has 8 heteroatoms. The fourth-order valence-corrected chi connectivity index (χ4v) is 2.48. The van der Waals surface area contributed by atoms with Crippen molar-refractivity contribution in [2.75, 3.05) is 13.7 Å². The minimum atomic E-state index is -0.473. The van der Waals surface area contributed by atoms with Gasteiger partial charge in [-0.1, -0.05) is 30.7 Å². The minimum Gasteiger partial charge on any atom is -0.493 e. The largest absolute Gasteiger partial charge is 0.493 e.